The summed E-state index contributed by atoms with van der Waals surface area (Å²) in [6.45, 7) is 6.07. The fourth-order valence-corrected chi connectivity index (χ4v) is 2.78. The van der Waals surface area contributed by atoms with Crippen LogP contribution in [0.2, 0.25) is 0 Å². The highest BCUT2D eigenvalue weighted by molar-refractivity contribution is 7.92. The molecule has 0 spiro atoms. The molecule has 0 aromatic heterocycles. The molecule has 0 saturated heterocycles. The lowest BCUT2D eigenvalue weighted by Crippen LogP contribution is -2.26. The number of amides is 1. The molecule has 0 atom stereocenters. The lowest BCUT2D eigenvalue weighted by Gasteiger charge is -2.09. The normalized spacial score (nSPS) is 11.6. The van der Waals surface area contributed by atoms with E-state index in [9.17, 15) is 13.2 Å². The monoisotopic (exact) mass is 297 g/mol. The smallest absolute Gasteiger partial charge is 0.224 e. The average Bonchev–Trinajstić information content (AvgIpc) is 2.39. The standard InChI is InChI=1S/C15H23NO3S/c1-4-5-10-16-15(17)11-13-6-8-14(9-7-13)20(18,19)12(2)3/h6-9,12H,4-5,10-11H2,1-3H3,(H,16,17). The van der Waals surface area contributed by atoms with Gasteiger partial charge in [-0.05, 0) is 38.0 Å². The molecule has 0 saturated carbocycles. The topological polar surface area (TPSA) is 63.2 Å². The zero-order valence-electron chi connectivity index (χ0n) is 12.3. The van der Waals surface area contributed by atoms with Crippen LogP contribution in [0.5, 0.6) is 0 Å². The zero-order chi connectivity index (χ0) is 15.2. The first-order valence-corrected chi connectivity index (χ1v) is 8.52. The van der Waals surface area contributed by atoms with Crippen molar-refractivity contribution in [1.29, 1.82) is 0 Å². The summed E-state index contributed by atoms with van der Waals surface area (Å²) in [6, 6.07) is 6.55. The molecule has 4 nitrogen and oxygen atoms in total. The van der Waals surface area contributed by atoms with Crippen LogP contribution in [0.3, 0.4) is 0 Å². The fraction of sp³-hybridized carbons (Fsp3) is 0.533. The minimum absolute atomic E-state index is 0.0297. The molecule has 1 aromatic carbocycles. The molecule has 112 valence electrons. The van der Waals surface area contributed by atoms with Crippen molar-refractivity contribution in [3.05, 3.63) is 29.8 Å². The van der Waals surface area contributed by atoms with E-state index < -0.39 is 15.1 Å². The van der Waals surface area contributed by atoms with Gasteiger partial charge in [0.1, 0.15) is 0 Å². The van der Waals surface area contributed by atoms with E-state index in [2.05, 4.69) is 12.2 Å². The maximum Gasteiger partial charge on any atom is 0.224 e. The van der Waals surface area contributed by atoms with Crippen LogP contribution in [0.25, 0.3) is 0 Å². The van der Waals surface area contributed by atoms with E-state index in [-0.39, 0.29) is 12.3 Å². The number of carbonyl (C=O) groups is 1. The van der Waals surface area contributed by atoms with Crippen molar-refractivity contribution >= 4 is 15.7 Å². The Hall–Kier alpha value is -1.36. The lowest BCUT2D eigenvalue weighted by atomic mass is 10.1. The Bertz CT molecular complexity index is 533. The van der Waals surface area contributed by atoms with Crippen LogP contribution >= 0.6 is 0 Å². The number of rotatable bonds is 7. The third-order valence-electron chi connectivity index (χ3n) is 3.09. The van der Waals surface area contributed by atoms with Gasteiger partial charge in [-0.2, -0.15) is 0 Å². The minimum Gasteiger partial charge on any atom is -0.356 e. The van der Waals surface area contributed by atoms with Gasteiger partial charge >= 0.3 is 0 Å². The van der Waals surface area contributed by atoms with Gasteiger partial charge in [-0.1, -0.05) is 25.5 Å². The maximum absolute atomic E-state index is 12.0. The van der Waals surface area contributed by atoms with Gasteiger partial charge in [-0.3, -0.25) is 4.79 Å². The van der Waals surface area contributed by atoms with Crippen LogP contribution in [0.4, 0.5) is 0 Å². The molecule has 0 radical (unpaired) electrons. The van der Waals surface area contributed by atoms with Crippen LogP contribution in [-0.2, 0) is 21.1 Å². The highest BCUT2D eigenvalue weighted by Crippen LogP contribution is 2.16. The van der Waals surface area contributed by atoms with Gasteiger partial charge in [0, 0.05) is 6.54 Å². The molecule has 0 fully saturated rings. The van der Waals surface area contributed by atoms with E-state index in [4.69, 9.17) is 0 Å². The van der Waals surface area contributed by atoms with E-state index in [0.717, 1.165) is 18.4 Å². The van der Waals surface area contributed by atoms with E-state index in [1.165, 1.54) is 0 Å². The van der Waals surface area contributed by atoms with Crippen molar-refractivity contribution in [3.8, 4) is 0 Å². The maximum atomic E-state index is 12.0. The van der Waals surface area contributed by atoms with Crippen LogP contribution in [0, 0.1) is 0 Å². The molecule has 0 aliphatic carbocycles. The number of hydrogen-bond donors (Lipinski definition) is 1. The average molecular weight is 297 g/mol. The first kappa shape index (κ1) is 16.7. The SMILES string of the molecule is CCCCNC(=O)Cc1ccc(S(=O)(=O)C(C)C)cc1. The number of unbranched alkanes of at least 4 members (excludes halogenated alkanes) is 1. The molecule has 0 aliphatic heterocycles. The molecule has 0 unspecified atom stereocenters. The van der Waals surface area contributed by atoms with Crippen LogP contribution in [0.15, 0.2) is 29.2 Å². The number of benzene rings is 1. The molecule has 1 amide bonds. The summed E-state index contributed by atoms with van der Waals surface area (Å²) < 4.78 is 23.9. The van der Waals surface area contributed by atoms with Crippen molar-refractivity contribution < 1.29 is 13.2 Å². The van der Waals surface area contributed by atoms with E-state index in [1.54, 1.807) is 38.1 Å². The Balaban J connectivity index is 2.66. The third kappa shape index (κ3) is 4.63. The molecule has 0 bridgehead atoms. The second kappa shape index (κ2) is 7.43. The van der Waals surface area contributed by atoms with Crippen molar-refractivity contribution in [3.63, 3.8) is 0 Å². The molecular weight excluding hydrogens is 274 g/mol. The summed E-state index contributed by atoms with van der Waals surface area (Å²) in [6.07, 6.45) is 2.30. The molecular formula is C15H23NO3S. The molecule has 1 N–H and O–H groups in total. The summed E-state index contributed by atoms with van der Waals surface area (Å²) in [5, 5.41) is 2.40. The van der Waals surface area contributed by atoms with Crippen molar-refractivity contribution in [2.75, 3.05) is 6.54 Å². The first-order valence-electron chi connectivity index (χ1n) is 6.97. The summed E-state index contributed by atoms with van der Waals surface area (Å²) in [7, 11) is -3.24. The Labute approximate surface area is 121 Å². The van der Waals surface area contributed by atoms with Gasteiger partial charge in [0.2, 0.25) is 5.91 Å². The van der Waals surface area contributed by atoms with Gasteiger partial charge in [0.05, 0.1) is 16.6 Å². The van der Waals surface area contributed by atoms with Gasteiger partial charge in [0.15, 0.2) is 9.84 Å². The summed E-state index contributed by atoms with van der Waals surface area (Å²) in [5.74, 6) is -0.0297. The second-order valence-electron chi connectivity index (χ2n) is 5.12. The Morgan fingerprint density at radius 1 is 1.20 bits per heavy atom. The van der Waals surface area contributed by atoms with E-state index in [1.807, 2.05) is 0 Å². The van der Waals surface area contributed by atoms with Crippen molar-refractivity contribution in [2.24, 2.45) is 0 Å². The number of sulfone groups is 1. The fourth-order valence-electron chi connectivity index (χ4n) is 1.72. The predicted octanol–water partition coefficient (Wildman–Crippen LogP) is 2.33. The van der Waals surface area contributed by atoms with E-state index >= 15 is 0 Å². The lowest BCUT2D eigenvalue weighted by molar-refractivity contribution is -0.120. The highest BCUT2D eigenvalue weighted by atomic mass is 32.2. The first-order chi connectivity index (χ1) is 9.37. The Morgan fingerprint density at radius 3 is 2.30 bits per heavy atom. The minimum atomic E-state index is -3.24. The van der Waals surface area contributed by atoms with Gasteiger partial charge in [-0.25, -0.2) is 8.42 Å². The molecule has 1 aromatic rings. The van der Waals surface area contributed by atoms with Gasteiger partial charge < -0.3 is 5.32 Å². The quantitative estimate of drug-likeness (QED) is 0.786. The Kier molecular flexibility index (Phi) is 6.20. The summed E-state index contributed by atoms with van der Waals surface area (Å²) in [5.41, 5.74) is 0.821. The zero-order valence-corrected chi connectivity index (χ0v) is 13.2. The van der Waals surface area contributed by atoms with Gasteiger partial charge in [0.25, 0.3) is 0 Å². The van der Waals surface area contributed by atoms with Crippen LogP contribution in [0.1, 0.15) is 39.2 Å². The third-order valence-corrected chi connectivity index (χ3v) is 5.26. The predicted molar refractivity (Wildman–Crippen MR) is 80.4 cm³/mol. The summed E-state index contributed by atoms with van der Waals surface area (Å²) >= 11 is 0. The van der Waals surface area contributed by atoms with Crippen LogP contribution in [-0.4, -0.2) is 26.1 Å². The summed E-state index contributed by atoms with van der Waals surface area (Å²) in [4.78, 5) is 12.0. The largest absolute Gasteiger partial charge is 0.356 e. The van der Waals surface area contributed by atoms with Crippen molar-refractivity contribution in [2.45, 2.75) is 50.2 Å². The molecule has 0 aliphatic rings. The van der Waals surface area contributed by atoms with Crippen LogP contribution < -0.4 is 5.32 Å². The van der Waals surface area contributed by atoms with Crippen molar-refractivity contribution in [1.82, 2.24) is 5.32 Å². The second-order valence-corrected chi connectivity index (χ2v) is 7.62. The van der Waals surface area contributed by atoms with Gasteiger partial charge in [-0.15, -0.1) is 0 Å². The molecule has 0 heterocycles. The molecule has 20 heavy (non-hydrogen) atoms. The number of nitrogens with one attached hydrogen (secondary N) is 1. The van der Waals surface area contributed by atoms with E-state index in [0.29, 0.717) is 11.4 Å². The Morgan fingerprint density at radius 2 is 1.80 bits per heavy atom. The molecule has 1 rings (SSSR count). The number of hydrogen-bond acceptors (Lipinski definition) is 3. The number of carbonyl (C=O) groups excluding carboxylic acids is 1. The highest BCUT2D eigenvalue weighted by Gasteiger charge is 2.18. The molecule has 5 heteroatoms.